The van der Waals surface area contributed by atoms with Gasteiger partial charge in [-0.1, -0.05) is 12.1 Å². The molecule has 11 aromatic carbocycles. The Bertz CT molecular complexity index is 4370. The van der Waals surface area contributed by atoms with Crippen molar-refractivity contribution in [1.82, 2.24) is 0 Å². The molecule has 0 fully saturated rings. The van der Waals surface area contributed by atoms with Crippen LogP contribution in [0, 0.1) is 134 Å². The molecule has 0 amide bonds. The molecule has 11 aromatic rings. The Labute approximate surface area is 378 Å². The SMILES string of the molecule is Fc1c(F)c(F)c2c(F)c3c(B(Oc4c(F)c(F)c5c(F)c(F)c6c(F)ccc7ccc4c5c76)Oc4c(F)c(F)c5c(F)c(F)c6c(F)c(F)c(F)c7c(F)c(F)c4c5c67)c(F)c(F)c(F)c3c(F)c2c1F. The molecule has 0 unspecified atom stereocenters. The average Bonchev–Trinajstić information content (AvgIpc) is 3.34. The maximum atomic E-state index is 16.9. The van der Waals surface area contributed by atoms with Crippen molar-refractivity contribution >= 4 is 98.8 Å². The number of rotatable bonds is 5. The van der Waals surface area contributed by atoms with Crippen molar-refractivity contribution in [2.75, 3.05) is 0 Å². The quantitative estimate of drug-likeness (QED) is 0.0427. The van der Waals surface area contributed by atoms with Crippen molar-refractivity contribution in [2.24, 2.45) is 0 Å². The molecule has 72 heavy (non-hydrogen) atoms. The zero-order chi connectivity index (χ0) is 52.1. The lowest BCUT2D eigenvalue weighted by Crippen LogP contribution is -2.46. The molecular formula is C46H4BF23O2. The van der Waals surface area contributed by atoms with Crippen LogP contribution in [0.1, 0.15) is 0 Å². The second-order valence-electron chi connectivity index (χ2n) is 15.7. The van der Waals surface area contributed by atoms with Crippen molar-refractivity contribution in [3.63, 3.8) is 0 Å². The second-order valence-corrected chi connectivity index (χ2v) is 15.7. The molecule has 0 bridgehead atoms. The topological polar surface area (TPSA) is 18.5 Å². The number of halogens is 23. The van der Waals surface area contributed by atoms with Gasteiger partial charge in [-0.25, -0.2) is 92.2 Å². The summed E-state index contributed by atoms with van der Waals surface area (Å²) >= 11 is 0. The molecule has 0 spiro atoms. The van der Waals surface area contributed by atoms with Gasteiger partial charge in [-0.05, 0) is 17.5 Å². The average molecular weight is 1040 g/mol. The Hall–Kier alpha value is -7.93. The van der Waals surface area contributed by atoms with E-state index < -0.39 is 239 Å². The Morgan fingerprint density at radius 1 is 0.222 bits per heavy atom. The Morgan fingerprint density at radius 3 is 1.06 bits per heavy atom. The Morgan fingerprint density at radius 2 is 0.542 bits per heavy atom. The minimum absolute atomic E-state index is 0.340. The highest BCUT2D eigenvalue weighted by Crippen LogP contribution is 2.50. The predicted octanol–water partition coefficient (Wildman–Crippen LogP) is 14.8. The molecule has 0 aliphatic carbocycles. The van der Waals surface area contributed by atoms with Crippen molar-refractivity contribution < 1.29 is 110 Å². The van der Waals surface area contributed by atoms with E-state index in [1.807, 2.05) is 0 Å². The fourth-order valence-corrected chi connectivity index (χ4v) is 9.22. The van der Waals surface area contributed by atoms with Gasteiger partial charge in [-0.3, -0.25) is 0 Å². The van der Waals surface area contributed by atoms with Crippen LogP contribution >= 0.6 is 0 Å². The first-order valence-corrected chi connectivity index (χ1v) is 19.3. The molecule has 0 aliphatic heterocycles. The predicted molar refractivity (Wildman–Crippen MR) is 207 cm³/mol. The molecule has 2 nitrogen and oxygen atoms in total. The monoisotopic (exact) mass is 1040 g/mol. The molecular weight excluding hydrogens is 1030 g/mol. The Kier molecular flexibility index (Phi) is 9.71. The first kappa shape index (κ1) is 46.5. The van der Waals surface area contributed by atoms with Gasteiger partial charge in [-0.15, -0.1) is 0 Å². The highest BCUT2D eigenvalue weighted by Gasteiger charge is 2.45. The lowest BCUT2D eigenvalue weighted by Gasteiger charge is -2.25. The highest BCUT2D eigenvalue weighted by atomic mass is 19.2. The van der Waals surface area contributed by atoms with Gasteiger partial charge < -0.3 is 9.31 Å². The highest BCUT2D eigenvalue weighted by molar-refractivity contribution is 6.66. The Balaban J connectivity index is 1.33. The van der Waals surface area contributed by atoms with Crippen LogP contribution in [-0.2, 0) is 0 Å². The van der Waals surface area contributed by atoms with Crippen LogP contribution < -0.4 is 14.8 Å². The second kappa shape index (κ2) is 15.1. The van der Waals surface area contributed by atoms with E-state index in [2.05, 4.69) is 0 Å². The normalized spacial score (nSPS) is 12.4. The van der Waals surface area contributed by atoms with Gasteiger partial charge in [0.1, 0.15) is 23.2 Å². The zero-order valence-electron chi connectivity index (χ0n) is 33.4. The van der Waals surface area contributed by atoms with Crippen LogP contribution in [0.3, 0.4) is 0 Å². The van der Waals surface area contributed by atoms with Crippen LogP contribution in [-0.4, -0.2) is 7.12 Å². The van der Waals surface area contributed by atoms with Crippen LogP contribution in [0.25, 0.3) is 86.2 Å². The van der Waals surface area contributed by atoms with Crippen molar-refractivity contribution in [3.05, 3.63) is 158 Å². The first-order chi connectivity index (χ1) is 33.9. The lowest BCUT2D eigenvalue weighted by molar-refractivity contribution is 0.388. The molecule has 0 heterocycles. The number of fused-ring (bicyclic) bond motifs is 2. The molecule has 0 aromatic heterocycles. The maximum Gasteiger partial charge on any atom is 0.636 e. The molecule has 11 rings (SSSR count). The summed E-state index contributed by atoms with van der Waals surface area (Å²) in [6, 6.07) is 2.74. The summed E-state index contributed by atoms with van der Waals surface area (Å²) in [7, 11) is -4.11. The minimum Gasteiger partial charge on any atom is -0.519 e. The van der Waals surface area contributed by atoms with Crippen molar-refractivity contribution in [2.45, 2.75) is 0 Å². The van der Waals surface area contributed by atoms with Crippen LogP contribution in [0.15, 0.2) is 24.3 Å². The molecule has 0 saturated carbocycles. The third-order valence-electron chi connectivity index (χ3n) is 12.2. The first-order valence-electron chi connectivity index (χ1n) is 19.3. The van der Waals surface area contributed by atoms with E-state index in [4.69, 9.17) is 9.31 Å². The molecule has 0 N–H and O–H groups in total. The number of hydrogen-bond donors (Lipinski definition) is 0. The largest absolute Gasteiger partial charge is 0.636 e. The summed E-state index contributed by atoms with van der Waals surface area (Å²) in [5.41, 5.74) is -2.58. The summed E-state index contributed by atoms with van der Waals surface area (Å²) in [6.07, 6.45) is 0. The van der Waals surface area contributed by atoms with Gasteiger partial charge in [0.2, 0.25) is 0 Å². The van der Waals surface area contributed by atoms with E-state index in [0.29, 0.717) is 12.1 Å². The van der Waals surface area contributed by atoms with E-state index in [0.717, 1.165) is 12.1 Å². The smallest absolute Gasteiger partial charge is 0.519 e. The minimum atomic E-state index is -4.11. The maximum absolute atomic E-state index is 16.9. The fourth-order valence-electron chi connectivity index (χ4n) is 9.22. The molecule has 364 valence electrons. The van der Waals surface area contributed by atoms with Gasteiger partial charge in [0, 0.05) is 32.3 Å². The van der Waals surface area contributed by atoms with Crippen LogP contribution in [0.2, 0.25) is 0 Å². The van der Waals surface area contributed by atoms with Gasteiger partial charge in [0.05, 0.1) is 53.9 Å². The van der Waals surface area contributed by atoms with Crippen LogP contribution in [0.4, 0.5) is 101 Å². The molecule has 26 heteroatoms. The van der Waals surface area contributed by atoms with E-state index in [9.17, 15) is 13.2 Å². The molecule has 0 aliphatic rings. The zero-order valence-corrected chi connectivity index (χ0v) is 33.4. The van der Waals surface area contributed by atoms with E-state index in [1.54, 1.807) is 0 Å². The summed E-state index contributed by atoms with van der Waals surface area (Å²) in [5.74, 6) is -68.4. The van der Waals surface area contributed by atoms with Gasteiger partial charge >= 0.3 is 7.12 Å². The summed E-state index contributed by atoms with van der Waals surface area (Å²) < 4.78 is 372. The third-order valence-corrected chi connectivity index (χ3v) is 12.2. The van der Waals surface area contributed by atoms with E-state index >= 15 is 87.8 Å². The summed E-state index contributed by atoms with van der Waals surface area (Å²) in [5, 5.41) is -29.2. The lowest BCUT2D eigenvalue weighted by atomic mass is 9.73. The van der Waals surface area contributed by atoms with Crippen LogP contribution in [0.5, 0.6) is 11.5 Å². The number of hydrogen-bond acceptors (Lipinski definition) is 2. The molecule has 0 atom stereocenters. The van der Waals surface area contributed by atoms with Crippen molar-refractivity contribution in [3.8, 4) is 11.5 Å². The van der Waals surface area contributed by atoms with Gasteiger partial charge in [-0.2, -0.15) is 8.78 Å². The van der Waals surface area contributed by atoms with E-state index in [1.165, 1.54) is 0 Å². The van der Waals surface area contributed by atoms with Gasteiger partial charge in [0.25, 0.3) is 0 Å². The molecule has 0 saturated heterocycles. The molecule has 0 radical (unpaired) electrons. The standard InChI is InChI=1S/C46H4BF23O2/c48-7-4-2-5-1-3-6-9-8(5)10(7)25(51)26(52)14(9)35(61)43(69)45(6)71-47(22-13-18(32(58)40(66)38(22)64)24(50)20-19(23(13)49)33(59)41(67)42(68)34(20)60)72-46-21-12-11-15(27(53)28(54)17(12)36(62)44(46)70)30(56)39(65)31(57)16(11)29(55)37(21)63/h1-4H. The third kappa shape index (κ3) is 5.45. The van der Waals surface area contributed by atoms with Gasteiger partial charge in [0.15, 0.2) is 122 Å². The fraction of sp³-hybridized carbons (Fsp3) is 0. The number of benzene rings is 11. The summed E-state index contributed by atoms with van der Waals surface area (Å²) in [4.78, 5) is 0. The summed E-state index contributed by atoms with van der Waals surface area (Å²) in [6.45, 7) is 0. The van der Waals surface area contributed by atoms with Crippen molar-refractivity contribution in [1.29, 1.82) is 0 Å². The van der Waals surface area contributed by atoms with E-state index in [-0.39, 0.29) is 5.39 Å².